The van der Waals surface area contributed by atoms with Gasteiger partial charge in [-0.2, -0.15) is 0 Å². The summed E-state index contributed by atoms with van der Waals surface area (Å²) < 4.78 is 26.0. The number of hydrogen-bond acceptors (Lipinski definition) is 3. The van der Waals surface area contributed by atoms with Gasteiger partial charge in [-0.15, -0.1) is 0 Å². The van der Waals surface area contributed by atoms with Crippen LogP contribution in [0, 0.1) is 0 Å². The lowest BCUT2D eigenvalue weighted by Crippen LogP contribution is -2.26. The maximum Gasteiger partial charge on any atom is 0.304 e. The summed E-state index contributed by atoms with van der Waals surface area (Å²) in [6.45, 7) is 3.84. The Morgan fingerprint density at radius 1 is 1.39 bits per heavy atom. The van der Waals surface area contributed by atoms with E-state index >= 15 is 0 Å². The smallest absolute Gasteiger partial charge is 0.304 e. The normalized spacial score (nSPS) is 11.7. The Balaban J connectivity index is 2.84. The zero-order valence-electron chi connectivity index (χ0n) is 10.4. The van der Waals surface area contributed by atoms with Crippen molar-refractivity contribution in [2.75, 3.05) is 6.54 Å². The van der Waals surface area contributed by atoms with Crippen molar-refractivity contribution in [2.45, 2.75) is 31.1 Å². The summed E-state index contributed by atoms with van der Waals surface area (Å²) in [5.74, 6) is -0.798. The van der Waals surface area contributed by atoms with Crippen LogP contribution in [0.4, 0.5) is 0 Å². The lowest BCUT2D eigenvalue weighted by Gasteiger charge is -2.09. The predicted octanol–water partition coefficient (Wildman–Crippen LogP) is 1.56. The van der Waals surface area contributed by atoms with Gasteiger partial charge in [0.05, 0.1) is 11.3 Å². The van der Waals surface area contributed by atoms with Crippen LogP contribution in [-0.2, 0) is 14.8 Å². The molecule has 0 radical (unpaired) electrons. The maximum atomic E-state index is 11.9. The Morgan fingerprint density at radius 2 is 2.06 bits per heavy atom. The first-order chi connectivity index (χ1) is 8.33. The molecule has 0 saturated heterocycles. The third-order valence-corrected chi connectivity index (χ3v) is 3.92. The van der Waals surface area contributed by atoms with E-state index < -0.39 is 16.0 Å². The summed E-state index contributed by atoms with van der Waals surface area (Å²) in [4.78, 5) is 10.5. The van der Waals surface area contributed by atoms with Gasteiger partial charge in [-0.25, -0.2) is 13.1 Å². The first-order valence-electron chi connectivity index (χ1n) is 5.64. The Morgan fingerprint density at radius 3 is 2.61 bits per heavy atom. The molecular formula is C12H17NO4S. The third-order valence-electron chi connectivity index (χ3n) is 2.47. The van der Waals surface area contributed by atoms with Crippen LogP contribution in [0.1, 0.15) is 31.7 Å². The lowest BCUT2D eigenvalue weighted by molar-refractivity contribution is -0.136. The highest BCUT2D eigenvalue weighted by atomic mass is 32.2. The van der Waals surface area contributed by atoms with Crippen molar-refractivity contribution >= 4 is 16.0 Å². The van der Waals surface area contributed by atoms with Crippen LogP contribution in [-0.4, -0.2) is 26.0 Å². The Hall–Kier alpha value is -1.40. The number of benzene rings is 1. The fourth-order valence-electron chi connectivity index (χ4n) is 1.42. The zero-order valence-corrected chi connectivity index (χ0v) is 11.2. The van der Waals surface area contributed by atoms with Gasteiger partial charge in [-0.1, -0.05) is 26.0 Å². The fourth-order valence-corrected chi connectivity index (χ4v) is 2.50. The monoisotopic (exact) mass is 271 g/mol. The van der Waals surface area contributed by atoms with Gasteiger partial charge in [0.1, 0.15) is 0 Å². The molecule has 0 bridgehead atoms. The van der Waals surface area contributed by atoms with E-state index in [0.717, 1.165) is 5.56 Å². The van der Waals surface area contributed by atoms with E-state index in [1.807, 2.05) is 19.9 Å². The molecule has 0 unspecified atom stereocenters. The summed E-state index contributed by atoms with van der Waals surface area (Å²) in [6.07, 6.45) is -0.233. The average molecular weight is 271 g/mol. The summed E-state index contributed by atoms with van der Waals surface area (Å²) in [7, 11) is -3.63. The average Bonchev–Trinajstić information content (AvgIpc) is 2.28. The molecular weight excluding hydrogens is 254 g/mol. The van der Waals surface area contributed by atoms with E-state index in [2.05, 4.69) is 4.72 Å². The molecule has 0 atom stereocenters. The van der Waals surface area contributed by atoms with Gasteiger partial charge in [0, 0.05) is 6.54 Å². The number of aliphatic carboxylic acids is 1. The Bertz CT molecular complexity index is 523. The molecule has 0 aromatic heterocycles. The second-order valence-corrected chi connectivity index (χ2v) is 6.04. The molecule has 0 aliphatic carbocycles. The van der Waals surface area contributed by atoms with Crippen molar-refractivity contribution in [1.82, 2.24) is 4.72 Å². The Labute approximate surface area is 107 Å². The number of rotatable bonds is 6. The van der Waals surface area contributed by atoms with E-state index in [1.54, 1.807) is 12.1 Å². The summed E-state index contributed by atoms with van der Waals surface area (Å²) in [5, 5.41) is 8.46. The highest BCUT2D eigenvalue weighted by Crippen LogP contribution is 2.18. The molecule has 1 aromatic carbocycles. The van der Waals surface area contributed by atoms with Crippen LogP contribution in [0.5, 0.6) is 0 Å². The van der Waals surface area contributed by atoms with E-state index in [4.69, 9.17) is 5.11 Å². The molecule has 5 nitrogen and oxygen atoms in total. The number of carboxylic acids is 1. The van der Waals surface area contributed by atoms with Gasteiger partial charge in [0.15, 0.2) is 0 Å². The lowest BCUT2D eigenvalue weighted by atomic mass is 10.0. The minimum absolute atomic E-state index is 0.108. The largest absolute Gasteiger partial charge is 0.481 e. The molecule has 0 spiro atoms. The van der Waals surface area contributed by atoms with Crippen molar-refractivity contribution in [3.8, 4) is 0 Å². The van der Waals surface area contributed by atoms with Crippen LogP contribution in [0.15, 0.2) is 29.2 Å². The number of carboxylic acid groups (broad SMARTS) is 1. The first-order valence-corrected chi connectivity index (χ1v) is 7.12. The molecule has 18 heavy (non-hydrogen) atoms. The van der Waals surface area contributed by atoms with Crippen molar-refractivity contribution in [3.63, 3.8) is 0 Å². The third kappa shape index (κ3) is 4.12. The molecule has 6 heteroatoms. The molecule has 0 aliphatic heterocycles. The number of carbonyl (C=O) groups is 1. The maximum absolute atomic E-state index is 11.9. The minimum Gasteiger partial charge on any atom is -0.481 e. The SMILES string of the molecule is CC(C)c1cccc(S(=O)(=O)NCCC(=O)O)c1. The summed E-state index contributed by atoms with van der Waals surface area (Å²) >= 11 is 0. The van der Waals surface area contributed by atoms with Gasteiger partial charge < -0.3 is 5.11 Å². The van der Waals surface area contributed by atoms with E-state index in [0.29, 0.717) is 0 Å². The quantitative estimate of drug-likeness (QED) is 0.822. The van der Waals surface area contributed by atoms with Crippen LogP contribution >= 0.6 is 0 Å². The highest BCUT2D eigenvalue weighted by Gasteiger charge is 2.14. The zero-order chi connectivity index (χ0) is 13.8. The molecule has 0 fully saturated rings. The van der Waals surface area contributed by atoms with E-state index in [-0.39, 0.29) is 23.8 Å². The minimum atomic E-state index is -3.63. The first kappa shape index (κ1) is 14.7. The standard InChI is InChI=1S/C12H17NO4S/c1-9(2)10-4-3-5-11(8-10)18(16,17)13-7-6-12(14)15/h3-5,8-9,13H,6-7H2,1-2H3,(H,14,15). The number of nitrogens with one attached hydrogen (secondary N) is 1. The molecule has 0 aliphatic rings. The van der Waals surface area contributed by atoms with Gasteiger partial charge >= 0.3 is 5.97 Å². The van der Waals surface area contributed by atoms with Gasteiger partial charge in [0.25, 0.3) is 0 Å². The molecule has 0 heterocycles. The molecule has 2 N–H and O–H groups in total. The van der Waals surface area contributed by atoms with Crippen molar-refractivity contribution in [3.05, 3.63) is 29.8 Å². The van der Waals surface area contributed by atoms with Gasteiger partial charge in [0.2, 0.25) is 10.0 Å². The second kappa shape index (κ2) is 5.97. The molecule has 1 aromatic rings. The fraction of sp³-hybridized carbons (Fsp3) is 0.417. The van der Waals surface area contributed by atoms with Crippen LogP contribution in [0.2, 0.25) is 0 Å². The number of sulfonamides is 1. The van der Waals surface area contributed by atoms with Gasteiger partial charge in [-0.05, 0) is 23.6 Å². The van der Waals surface area contributed by atoms with Crippen molar-refractivity contribution in [2.24, 2.45) is 0 Å². The second-order valence-electron chi connectivity index (χ2n) is 4.27. The predicted molar refractivity (Wildman–Crippen MR) is 68.0 cm³/mol. The van der Waals surface area contributed by atoms with Crippen LogP contribution in [0.25, 0.3) is 0 Å². The van der Waals surface area contributed by atoms with Crippen molar-refractivity contribution < 1.29 is 18.3 Å². The summed E-state index contributed by atoms with van der Waals surface area (Å²) in [5.41, 5.74) is 0.927. The molecule has 0 saturated carbocycles. The van der Waals surface area contributed by atoms with Crippen molar-refractivity contribution in [1.29, 1.82) is 0 Å². The Kier molecular flexibility index (Phi) is 4.86. The topological polar surface area (TPSA) is 83.5 Å². The van der Waals surface area contributed by atoms with Gasteiger partial charge in [-0.3, -0.25) is 4.79 Å². The van der Waals surface area contributed by atoms with E-state index in [9.17, 15) is 13.2 Å². The highest BCUT2D eigenvalue weighted by molar-refractivity contribution is 7.89. The summed E-state index contributed by atoms with van der Waals surface area (Å²) in [6, 6.07) is 6.64. The van der Waals surface area contributed by atoms with Crippen LogP contribution in [0.3, 0.4) is 0 Å². The molecule has 1 rings (SSSR count). The molecule has 0 amide bonds. The number of hydrogen-bond donors (Lipinski definition) is 2. The van der Waals surface area contributed by atoms with E-state index in [1.165, 1.54) is 6.07 Å². The molecule has 100 valence electrons. The van der Waals surface area contributed by atoms with Crippen LogP contribution < -0.4 is 4.72 Å².